The number of rotatable bonds is 9. The normalized spacial score (nSPS) is 16.8. The van der Waals surface area contributed by atoms with Crippen LogP contribution in [-0.4, -0.2) is 46.6 Å². The van der Waals surface area contributed by atoms with E-state index in [0.29, 0.717) is 31.2 Å². The zero-order chi connectivity index (χ0) is 24.1. The molecular formula is C25H33N7O2. The maximum atomic E-state index is 12.7. The van der Waals surface area contributed by atoms with Gasteiger partial charge in [0.2, 0.25) is 11.9 Å². The SMILES string of the molecule is CNC(=CC(N)=CN)CC(C)OCC(=O)N1Cc2cnc(NC3Cc4ccccc4C3)nc2C1. The molecule has 2 aromatic rings. The van der Waals surface area contributed by atoms with E-state index in [-0.39, 0.29) is 24.7 Å². The monoisotopic (exact) mass is 463 g/mol. The number of amides is 1. The second-order valence-corrected chi connectivity index (χ2v) is 8.85. The van der Waals surface area contributed by atoms with E-state index in [1.165, 1.54) is 17.3 Å². The van der Waals surface area contributed by atoms with Crippen molar-refractivity contribution in [3.63, 3.8) is 0 Å². The molecule has 9 heteroatoms. The molecule has 34 heavy (non-hydrogen) atoms. The lowest BCUT2D eigenvalue weighted by Crippen LogP contribution is -2.31. The third-order valence-corrected chi connectivity index (χ3v) is 6.25. The average Bonchev–Trinajstić information content (AvgIpc) is 3.45. The third-order valence-electron chi connectivity index (χ3n) is 6.25. The van der Waals surface area contributed by atoms with Crippen LogP contribution in [0.4, 0.5) is 5.95 Å². The van der Waals surface area contributed by atoms with E-state index in [2.05, 4.69) is 39.9 Å². The summed E-state index contributed by atoms with van der Waals surface area (Å²) in [6.45, 7) is 2.89. The number of nitrogens with one attached hydrogen (secondary N) is 2. The topological polar surface area (TPSA) is 131 Å². The predicted octanol–water partition coefficient (Wildman–Crippen LogP) is 1.56. The number of nitrogens with zero attached hydrogens (tertiary/aromatic N) is 3. The maximum Gasteiger partial charge on any atom is 0.249 e. The molecule has 180 valence electrons. The lowest BCUT2D eigenvalue weighted by atomic mass is 10.1. The summed E-state index contributed by atoms with van der Waals surface area (Å²) in [7, 11) is 1.81. The molecule has 0 radical (unpaired) electrons. The number of anilines is 1. The van der Waals surface area contributed by atoms with Crippen molar-refractivity contribution in [3.05, 3.63) is 76.5 Å². The first kappa shape index (κ1) is 23.6. The Morgan fingerprint density at radius 1 is 1.26 bits per heavy atom. The number of carbonyl (C=O) groups excluding carboxylic acids is 1. The smallest absolute Gasteiger partial charge is 0.249 e. The molecule has 2 heterocycles. The standard InChI is InChI=1S/C25H33N7O2/c1-16(7-21(28-2)10-20(27)11-26)34-15-24(33)32-13-19-12-29-25(31-23(19)14-32)30-22-8-17-5-3-4-6-18(17)9-22/h3-6,10-12,16,22,28H,7-9,13-15,26-27H2,1-2H3,(H,29,30,31). The fourth-order valence-corrected chi connectivity index (χ4v) is 4.40. The van der Waals surface area contributed by atoms with Crippen molar-refractivity contribution in [1.29, 1.82) is 0 Å². The Labute approximate surface area is 200 Å². The van der Waals surface area contributed by atoms with E-state index in [1.54, 1.807) is 11.0 Å². The molecule has 1 amide bonds. The molecule has 1 unspecified atom stereocenters. The van der Waals surface area contributed by atoms with Crippen molar-refractivity contribution in [3.8, 4) is 0 Å². The lowest BCUT2D eigenvalue weighted by molar-refractivity contribution is -0.138. The Bertz CT molecular complexity index is 1070. The van der Waals surface area contributed by atoms with Gasteiger partial charge in [0.05, 0.1) is 18.3 Å². The van der Waals surface area contributed by atoms with Gasteiger partial charge in [0, 0.05) is 55.4 Å². The zero-order valence-corrected chi connectivity index (χ0v) is 19.8. The van der Waals surface area contributed by atoms with Crippen molar-refractivity contribution >= 4 is 11.9 Å². The second-order valence-electron chi connectivity index (χ2n) is 8.85. The summed E-state index contributed by atoms with van der Waals surface area (Å²) in [6, 6.07) is 8.80. The van der Waals surface area contributed by atoms with Crippen LogP contribution in [0.25, 0.3) is 0 Å². The molecule has 0 bridgehead atoms. The summed E-state index contributed by atoms with van der Waals surface area (Å²) in [5.41, 5.74) is 17.1. The van der Waals surface area contributed by atoms with E-state index in [0.717, 1.165) is 29.8 Å². The van der Waals surface area contributed by atoms with Crippen LogP contribution in [0.2, 0.25) is 0 Å². The Hall–Kier alpha value is -3.59. The van der Waals surface area contributed by atoms with Crippen LogP contribution < -0.4 is 22.1 Å². The van der Waals surface area contributed by atoms with Crippen molar-refractivity contribution in [2.24, 2.45) is 11.5 Å². The Balaban J connectivity index is 1.27. The molecule has 4 rings (SSSR count). The van der Waals surface area contributed by atoms with Gasteiger partial charge in [-0.05, 0) is 37.0 Å². The van der Waals surface area contributed by atoms with Crippen LogP contribution in [-0.2, 0) is 35.5 Å². The van der Waals surface area contributed by atoms with Gasteiger partial charge in [-0.25, -0.2) is 9.97 Å². The molecule has 0 fully saturated rings. The zero-order valence-electron chi connectivity index (χ0n) is 19.8. The van der Waals surface area contributed by atoms with Gasteiger partial charge in [-0.15, -0.1) is 0 Å². The molecular weight excluding hydrogens is 430 g/mol. The highest BCUT2D eigenvalue weighted by atomic mass is 16.5. The third kappa shape index (κ3) is 5.66. The van der Waals surface area contributed by atoms with Gasteiger partial charge in [0.1, 0.15) is 6.61 Å². The second kappa shape index (κ2) is 10.6. The van der Waals surface area contributed by atoms with Gasteiger partial charge in [0.25, 0.3) is 0 Å². The number of carbonyl (C=O) groups is 1. The minimum absolute atomic E-state index is 0.00717. The van der Waals surface area contributed by atoms with Crippen molar-refractivity contribution in [2.75, 3.05) is 19.0 Å². The van der Waals surface area contributed by atoms with E-state index in [4.69, 9.17) is 21.2 Å². The van der Waals surface area contributed by atoms with Crippen molar-refractivity contribution in [1.82, 2.24) is 20.2 Å². The quantitative estimate of drug-likeness (QED) is 0.412. The summed E-state index contributed by atoms with van der Waals surface area (Å²) in [5, 5.41) is 6.54. The van der Waals surface area contributed by atoms with Gasteiger partial charge < -0.3 is 31.7 Å². The summed E-state index contributed by atoms with van der Waals surface area (Å²) in [4.78, 5) is 23.7. The van der Waals surface area contributed by atoms with Crippen molar-refractivity contribution < 1.29 is 9.53 Å². The first-order valence-corrected chi connectivity index (χ1v) is 11.6. The Morgan fingerprint density at radius 2 is 2.00 bits per heavy atom. The first-order chi connectivity index (χ1) is 16.4. The molecule has 0 saturated carbocycles. The van der Waals surface area contributed by atoms with Crippen LogP contribution in [0.15, 0.2) is 54.1 Å². The van der Waals surface area contributed by atoms with E-state index in [9.17, 15) is 4.79 Å². The van der Waals surface area contributed by atoms with Crippen LogP contribution in [0.5, 0.6) is 0 Å². The molecule has 0 saturated heterocycles. The molecule has 1 aliphatic heterocycles. The van der Waals surface area contributed by atoms with E-state index < -0.39 is 0 Å². The van der Waals surface area contributed by atoms with Gasteiger partial charge in [-0.2, -0.15) is 0 Å². The Morgan fingerprint density at radius 3 is 2.68 bits per heavy atom. The first-order valence-electron chi connectivity index (χ1n) is 11.6. The van der Waals surface area contributed by atoms with Crippen LogP contribution >= 0.6 is 0 Å². The maximum absolute atomic E-state index is 12.7. The number of aromatic nitrogens is 2. The van der Waals surface area contributed by atoms with Gasteiger partial charge >= 0.3 is 0 Å². The molecule has 6 N–H and O–H groups in total. The number of allylic oxidation sites excluding steroid dienone is 1. The van der Waals surface area contributed by atoms with Gasteiger partial charge in [-0.1, -0.05) is 24.3 Å². The number of benzene rings is 1. The summed E-state index contributed by atoms with van der Waals surface area (Å²) >= 11 is 0. The molecule has 2 aliphatic rings. The predicted molar refractivity (Wildman–Crippen MR) is 131 cm³/mol. The van der Waals surface area contributed by atoms with Gasteiger partial charge in [-0.3, -0.25) is 4.79 Å². The number of nitrogens with two attached hydrogens (primary N) is 2. The number of hydrogen-bond donors (Lipinski definition) is 4. The molecule has 1 atom stereocenters. The molecule has 0 spiro atoms. The highest BCUT2D eigenvalue weighted by Crippen LogP contribution is 2.25. The summed E-state index contributed by atoms with van der Waals surface area (Å²) < 4.78 is 5.79. The van der Waals surface area contributed by atoms with E-state index in [1.807, 2.05) is 20.2 Å². The van der Waals surface area contributed by atoms with Gasteiger partial charge in [0.15, 0.2) is 0 Å². The fourth-order valence-electron chi connectivity index (χ4n) is 4.40. The molecule has 1 aliphatic carbocycles. The van der Waals surface area contributed by atoms with Crippen LogP contribution in [0.1, 0.15) is 35.7 Å². The Kier molecular flexibility index (Phi) is 7.32. The van der Waals surface area contributed by atoms with E-state index >= 15 is 0 Å². The van der Waals surface area contributed by atoms with Crippen LogP contribution in [0, 0.1) is 0 Å². The highest BCUT2D eigenvalue weighted by Gasteiger charge is 2.27. The minimum Gasteiger partial charge on any atom is -0.403 e. The summed E-state index contributed by atoms with van der Waals surface area (Å²) in [6.07, 6.45) is 7.28. The fraction of sp³-hybridized carbons (Fsp3) is 0.400. The average molecular weight is 464 g/mol. The number of ether oxygens (including phenoxy) is 1. The molecule has 1 aromatic heterocycles. The van der Waals surface area contributed by atoms with Crippen LogP contribution in [0.3, 0.4) is 0 Å². The highest BCUT2D eigenvalue weighted by molar-refractivity contribution is 5.78. The summed E-state index contributed by atoms with van der Waals surface area (Å²) in [5.74, 6) is 0.551. The molecule has 9 nitrogen and oxygen atoms in total. The largest absolute Gasteiger partial charge is 0.403 e. The number of fused-ring (bicyclic) bond motifs is 2. The lowest BCUT2D eigenvalue weighted by Gasteiger charge is -2.19. The number of hydrogen-bond acceptors (Lipinski definition) is 8. The minimum atomic E-state index is -0.163. The molecule has 1 aromatic carbocycles. The van der Waals surface area contributed by atoms with Crippen molar-refractivity contribution in [2.45, 2.75) is 51.4 Å².